The summed E-state index contributed by atoms with van der Waals surface area (Å²) in [6.45, 7) is 11.0. The molecule has 0 bridgehead atoms. The van der Waals surface area contributed by atoms with Crippen molar-refractivity contribution in [3.8, 4) is 0 Å². The Kier molecular flexibility index (Phi) is 8.29. The van der Waals surface area contributed by atoms with Gasteiger partial charge in [-0.2, -0.15) is 0 Å². The molecule has 2 rings (SSSR count). The van der Waals surface area contributed by atoms with Crippen molar-refractivity contribution in [2.75, 3.05) is 7.11 Å². The zero-order valence-electron chi connectivity index (χ0n) is 19.4. The van der Waals surface area contributed by atoms with E-state index in [1.807, 2.05) is 6.92 Å². The largest absolute Gasteiger partial charge is 0.469 e. The first-order valence-electron chi connectivity index (χ1n) is 10.6. The number of hydrogen-bond acceptors (Lipinski definition) is 6. The quantitative estimate of drug-likeness (QED) is 0.444. The Morgan fingerprint density at radius 3 is 2.38 bits per heavy atom. The predicted octanol–water partition coefficient (Wildman–Crippen LogP) is 4.21. The third-order valence-corrected chi connectivity index (χ3v) is 7.43. The molecule has 1 fully saturated rings. The number of likely N-dealkylation sites (tertiary alicyclic amines) is 1. The summed E-state index contributed by atoms with van der Waals surface area (Å²) in [6.07, 6.45) is 5.21. The molecule has 1 aromatic carbocycles. The van der Waals surface area contributed by atoms with Gasteiger partial charge in [0.2, 0.25) is 0 Å². The second kappa shape index (κ2) is 10.3. The lowest BCUT2D eigenvalue weighted by Crippen LogP contribution is -2.45. The molecule has 0 saturated carbocycles. The first-order chi connectivity index (χ1) is 14.9. The van der Waals surface area contributed by atoms with Crippen molar-refractivity contribution in [2.24, 2.45) is 0 Å². The third-order valence-electron chi connectivity index (χ3n) is 5.23. The predicted molar refractivity (Wildman–Crippen MR) is 123 cm³/mol. The van der Waals surface area contributed by atoms with E-state index in [0.717, 1.165) is 5.56 Å². The van der Waals surface area contributed by atoms with E-state index in [0.29, 0.717) is 6.42 Å². The first-order valence-corrected chi connectivity index (χ1v) is 12.1. The summed E-state index contributed by atoms with van der Waals surface area (Å²) in [5, 5.41) is -0.870. The van der Waals surface area contributed by atoms with Gasteiger partial charge >= 0.3 is 12.1 Å². The maximum atomic E-state index is 13.5. The van der Waals surface area contributed by atoms with Gasteiger partial charge in [0.15, 0.2) is 9.84 Å². The van der Waals surface area contributed by atoms with Crippen LogP contribution in [0.2, 0.25) is 0 Å². The van der Waals surface area contributed by atoms with E-state index in [2.05, 4.69) is 11.3 Å². The summed E-state index contributed by atoms with van der Waals surface area (Å²) < 4.78 is 37.1. The molecule has 3 atom stereocenters. The maximum Gasteiger partial charge on any atom is 0.411 e. The van der Waals surface area contributed by atoms with Gasteiger partial charge in [-0.15, -0.1) is 6.58 Å². The van der Waals surface area contributed by atoms with E-state index in [1.165, 1.54) is 18.1 Å². The Labute approximate surface area is 191 Å². The molecular weight excluding hydrogens is 430 g/mol. The van der Waals surface area contributed by atoms with Crippen molar-refractivity contribution in [3.05, 3.63) is 54.6 Å². The highest BCUT2D eigenvalue weighted by Crippen LogP contribution is 2.35. The molecule has 1 aliphatic rings. The van der Waals surface area contributed by atoms with Crippen molar-refractivity contribution in [1.29, 1.82) is 0 Å². The van der Waals surface area contributed by atoms with Gasteiger partial charge in [0.1, 0.15) is 5.60 Å². The van der Waals surface area contributed by atoms with Crippen LogP contribution in [0.5, 0.6) is 0 Å². The van der Waals surface area contributed by atoms with Crippen LogP contribution in [0.1, 0.15) is 45.6 Å². The van der Waals surface area contributed by atoms with Gasteiger partial charge in [0.05, 0.1) is 29.3 Å². The van der Waals surface area contributed by atoms with Crippen molar-refractivity contribution >= 4 is 21.9 Å². The highest BCUT2D eigenvalue weighted by Gasteiger charge is 2.49. The molecule has 0 unspecified atom stereocenters. The molecule has 176 valence electrons. The minimum Gasteiger partial charge on any atom is -0.469 e. The van der Waals surface area contributed by atoms with Crippen LogP contribution in [-0.2, 0) is 24.1 Å². The monoisotopic (exact) mass is 463 g/mol. The minimum atomic E-state index is -3.74. The van der Waals surface area contributed by atoms with E-state index in [4.69, 9.17) is 4.74 Å². The zero-order valence-corrected chi connectivity index (χ0v) is 20.2. The standard InChI is InChI=1S/C24H33NO6S/c1-7-20-21(32(28,29)19-14-12-17(2)13-15-19)16-18(10-8-9-11-22(26)30-6)25(20)23(27)31-24(3,4)5/h7-8,10,12-15,18,20-21H,1,9,11,16H2,2-6H3/b10-8+/t18-,20+,21-/m0/s1. The van der Waals surface area contributed by atoms with E-state index in [-0.39, 0.29) is 23.7 Å². The fourth-order valence-electron chi connectivity index (χ4n) is 3.67. The molecule has 1 aliphatic heterocycles. The fourth-order valence-corrected chi connectivity index (χ4v) is 5.59. The molecule has 0 spiro atoms. The van der Waals surface area contributed by atoms with Crippen LogP contribution in [0.25, 0.3) is 0 Å². The Morgan fingerprint density at radius 1 is 1.22 bits per heavy atom. The van der Waals surface area contributed by atoms with Crippen LogP contribution in [0.3, 0.4) is 0 Å². The fraction of sp³-hybridized carbons (Fsp3) is 0.500. The number of methoxy groups -OCH3 is 1. The Bertz CT molecular complexity index is 959. The number of aryl methyl sites for hydroxylation is 1. The number of rotatable bonds is 7. The normalized spacial score (nSPS) is 21.5. The van der Waals surface area contributed by atoms with Crippen LogP contribution < -0.4 is 0 Å². The van der Waals surface area contributed by atoms with Gasteiger partial charge in [-0.25, -0.2) is 13.2 Å². The number of carbonyl (C=O) groups excluding carboxylic acids is 2. The summed E-state index contributed by atoms with van der Waals surface area (Å²) in [4.78, 5) is 26.0. The number of sulfone groups is 1. The van der Waals surface area contributed by atoms with Crippen molar-refractivity contribution < 1.29 is 27.5 Å². The van der Waals surface area contributed by atoms with Gasteiger partial charge in [-0.05, 0) is 52.7 Å². The molecule has 0 radical (unpaired) electrons. The average Bonchev–Trinajstić information content (AvgIpc) is 3.09. The molecule has 1 aromatic rings. The molecule has 8 heteroatoms. The van der Waals surface area contributed by atoms with Gasteiger partial charge in [0, 0.05) is 6.42 Å². The second-order valence-corrected chi connectivity index (χ2v) is 11.0. The average molecular weight is 464 g/mol. The Morgan fingerprint density at radius 2 is 1.84 bits per heavy atom. The molecule has 32 heavy (non-hydrogen) atoms. The molecule has 1 heterocycles. The zero-order chi connectivity index (χ0) is 24.1. The maximum absolute atomic E-state index is 13.5. The summed E-state index contributed by atoms with van der Waals surface area (Å²) >= 11 is 0. The lowest BCUT2D eigenvalue weighted by Gasteiger charge is -2.31. The smallest absolute Gasteiger partial charge is 0.411 e. The van der Waals surface area contributed by atoms with E-state index in [9.17, 15) is 18.0 Å². The van der Waals surface area contributed by atoms with Gasteiger partial charge < -0.3 is 9.47 Å². The van der Waals surface area contributed by atoms with Gasteiger partial charge in [0.25, 0.3) is 0 Å². The number of hydrogen-bond donors (Lipinski definition) is 0. The molecule has 1 saturated heterocycles. The number of nitrogens with zero attached hydrogens (tertiary/aromatic N) is 1. The van der Waals surface area contributed by atoms with Gasteiger partial charge in [-0.3, -0.25) is 9.69 Å². The summed E-state index contributed by atoms with van der Waals surface area (Å²) in [5.41, 5.74) is 0.216. The molecular formula is C24H33NO6S. The number of amides is 1. The van der Waals surface area contributed by atoms with Crippen LogP contribution in [0.15, 0.2) is 54.0 Å². The van der Waals surface area contributed by atoms with E-state index < -0.39 is 38.9 Å². The summed E-state index contributed by atoms with van der Waals surface area (Å²) in [6, 6.07) is 5.40. The van der Waals surface area contributed by atoms with Crippen molar-refractivity contribution in [2.45, 2.75) is 74.8 Å². The molecule has 0 aromatic heterocycles. The summed E-state index contributed by atoms with van der Waals surface area (Å²) in [7, 11) is -2.41. The van der Waals surface area contributed by atoms with E-state index in [1.54, 1.807) is 57.2 Å². The number of ether oxygens (including phenoxy) is 2. The number of esters is 1. The first kappa shape index (κ1) is 25.6. The highest BCUT2D eigenvalue weighted by molar-refractivity contribution is 7.92. The molecule has 0 aliphatic carbocycles. The topological polar surface area (TPSA) is 90.0 Å². The molecule has 1 amide bonds. The van der Waals surface area contributed by atoms with Gasteiger partial charge in [-0.1, -0.05) is 35.9 Å². The second-order valence-electron chi connectivity index (χ2n) is 8.86. The van der Waals surface area contributed by atoms with Crippen LogP contribution >= 0.6 is 0 Å². The van der Waals surface area contributed by atoms with Crippen molar-refractivity contribution in [3.63, 3.8) is 0 Å². The lowest BCUT2D eigenvalue weighted by molar-refractivity contribution is -0.140. The minimum absolute atomic E-state index is 0.195. The molecule has 7 nitrogen and oxygen atoms in total. The van der Waals surface area contributed by atoms with E-state index >= 15 is 0 Å². The Hall–Kier alpha value is -2.61. The SMILES string of the molecule is C=C[C@@H]1[C@@H](S(=O)(=O)c2ccc(C)cc2)C[C@H](/C=C/CCC(=O)OC)N1C(=O)OC(C)(C)C. The van der Waals surface area contributed by atoms with Crippen LogP contribution in [0.4, 0.5) is 4.79 Å². The van der Waals surface area contributed by atoms with Crippen LogP contribution in [-0.4, -0.2) is 55.4 Å². The summed E-state index contributed by atoms with van der Waals surface area (Å²) in [5.74, 6) is -0.339. The number of allylic oxidation sites excluding steroid dienone is 1. The third kappa shape index (κ3) is 6.22. The molecule has 0 N–H and O–H groups in total. The van der Waals surface area contributed by atoms with Crippen molar-refractivity contribution in [1.82, 2.24) is 4.90 Å². The number of benzene rings is 1. The number of carbonyl (C=O) groups is 2. The Balaban J connectivity index is 2.39. The highest BCUT2D eigenvalue weighted by atomic mass is 32.2. The lowest BCUT2D eigenvalue weighted by atomic mass is 10.1. The van der Waals surface area contributed by atoms with Crippen LogP contribution in [0, 0.1) is 6.92 Å².